The average molecular weight is 464 g/mol. The Labute approximate surface area is 180 Å². The summed E-state index contributed by atoms with van der Waals surface area (Å²) in [6.07, 6.45) is 5.31. The van der Waals surface area contributed by atoms with Crippen molar-refractivity contribution in [1.29, 1.82) is 0 Å². The van der Waals surface area contributed by atoms with Crippen molar-refractivity contribution in [2.45, 2.75) is 13.1 Å². The van der Waals surface area contributed by atoms with E-state index in [4.69, 9.17) is 25.5 Å². The zero-order chi connectivity index (χ0) is 22.6. The number of rotatable bonds is 11. The number of hydrogen-bond donors (Lipinski definition) is 3. The van der Waals surface area contributed by atoms with Crippen LogP contribution in [0.3, 0.4) is 0 Å². The second kappa shape index (κ2) is 9.50. The first-order valence-electron chi connectivity index (χ1n) is 9.39. The predicted molar refractivity (Wildman–Crippen MR) is 112 cm³/mol. The highest BCUT2D eigenvalue weighted by Gasteiger charge is 2.20. The molecule has 4 aromatic heterocycles. The van der Waals surface area contributed by atoms with Gasteiger partial charge in [-0.15, -0.1) is 0 Å². The molecule has 1 unspecified atom stereocenters. The van der Waals surface area contributed by atoms with Crippen molar-refractivity contribution >= 4 is 41.6 Å². The lowest BCUT2D eigenvalue weighted by atomic mass is 10.5. The zero-order valence-electron chi connectivity index (χ0n) is 16.8. The van der Waals surface area contributed by atoms with Gasteiger partial charge >= 0.3 is 7.60 Å². The van der Waals surface area contributed by atoms with E-state index in [1.54, 1.807) is 21.8 Å². The summed E-state index contributed by atoms with van der Waals surface area (Å²) in [5.74, 6) is 0.569. The molecule has 4 rings (SSSR count). The number of nitrogens with two attached hydrogens (primary N) is 2. The highest BCUT2D eigenvalue weighted by atomic mass is 31.2. The molecule has 4 heterocycles. The van der Waals surface area contributed by atoms with Gasteiger partial charge in [0.2, 0.25) is 0 Å². The molecule has 0 fully saturated rings. The number of nitrogens with zero attached hydrogens (tertiary/aromatic N) is 8. The fourth-order valence-corrected chi connectivity index (χ4v) is 3.52. The summed E-state index contributed by atoms with van der Waals surface area (Å²) >= 11 is 0. The van der Waals surface area contributed by atoms with Crippen LogP contribution >= 0.6 is 7.60 Å². The van der Waals surface area contributed by atoms with Crippen molar-refractivity contribution in [3.63, 3.8) is 0 Å². The van der Waals surface area contributed by atoms with Gasteiger partial charge in [0.1, 0.15) is 30.0 Å². The maximum Gasteiger partial charge on any atom is 0.355 e. The summed E-state index contributed by atoms with van der Waals surface area (Å²) in [6, 6.07) is 0. The molecule has 16 heteroatoms. The molecule has 170 valence electrons. The molecular weight excluding hydrogens is 443 g/mol. The third-order valence-electron chi connectivity index (χ3n) is 4.40. The quantitative estimate of drug-likeness (QED) is 0.152. The van der Waals surface area contributed by atoms with Crippen LogP contribution in [0.4, 0.5) is 11.6 Å². The van der Waals surface area contributed by atoms with Gasteiger partial charge in [-0.05, 0) is 0 Å². The van der Waals surface area contributed by atoms with Gasteiger partial charge in [-0.2, -0.15) is 0 Å². The van der Waals surface area contributed by atoms with Gasteiger partial charge in [-0.1, -0.05) is 0 Å². The minimum absolute atomic E-state index is 0.142. The van der Waals surface area contributed by atoms with E-state index in [9.17, 15) is 9.46 Å². The summed E-state index contributed by atoms with van der Waals surface area (Å²) in [6.45, 7) is 0.729. The Hall–Kier alpha value is -3.23. The lowest BCUT2D eigenvalue weighted by molar-refractivity contribution is 0.000951. The van der Waals surface area contributed by atoms with E-state index in [0.717, 1.165) is 0 Å². The van der Waals surface area contributed by atoms with Crippen molar-refractivity contribution in [3.05, 3.63) is 25.3 Å². The first-order chi connectivity index (χ1) is 15.4. The molecule has 0 aliphatic carbocycles. The van der Waals surface area contributed by atoms with Gasteiger partial charge < -0.3 is 35.0 Å². The molecule has 0 radical (unpaired) electrons. The van der Waals surface area contributed by atoms with Crippen molar-refractivity contribution in [2.75, 3.05) is 37.8 Å². The first kappa shape index (κ1) is 22.0. The lowest BCUT2D eigenvalue weighted by Crippen LogP contribution is -2.10. The molecule has 0 bridgehead atoms. The Kier molecular flexibility index (Phi) is 6.53. The molecule has 4 aromatic rings. The standard InChI is InChI=1S/C16H21N10O5P/c17-13-11-15(21-5-19-13)25(7-23-11)1-3-29-9-31-32(27,28)10-30-4-2-26-8-24-12-14(18)20-6-22-16(12)26/h5-8H,1-4,9-10H2,(H,27,28)(H2,17,19,21)(H2,18,20,22). The van der Waals surface area contributed by atoms with Crippen LogP contribution in [0.25, 0.3) is 22.3 Å². The summed E-state index contributed by atoms with van der Waals surface area (Å²) in [5, 5.41) is 0. The fraction of sp³-hybridized carbons (Fsp3) is 0.375. The van der Waals surface area contributed by atoms with Crippen molar-refractivity contribution in [3.8, 4) is 0 Å². The van der Waals surface area contributed by atoms with Gasteiger partial charge in [-0.25, -0.2) is 29.9 Å². The lowest BCUT2D eigenvalue weighted by Gasteiger charge is -2.13. The Morgan fingerprint density at radius 2 is 1.38 bits per heavy atom. The molecule has 0 spiro atoms. The molecule has 1 atom stereocenters. The van der Waals surface area contributed by atoms with Gasteiger partial charge in [-0.3, -0.25) is 9.09 Å². The molecular formula is C16H21N10O5P. The van der Waals surface area contributed by atoms with Crippen molar-refractivity contribution in [2.24, 2.45) is 0 Å². The summed E-state index contributed by atoms with van der Waals surface area (Å²) in [7, 11) is -3.97. The van der Waals surface area contributed by atoms with Crippen LogP contribution in [0.2, 0.25) is 0 Å². The Morgan fingerprint density at radius 1 is 0.844 bits per heavy atom. The number of imidazole rings is 2. The van der Waals surface area contributed by atoms with Crippen LogP contribution in [0.1, 0.15) is 0 Å². The Morgan fingerprint density at radius 3 is 1.94 bits per heavy atom. The van der Waals surface area contributed by atoms with Gasteiger partial charge in [0.25, 0.3) is 0 Å². The van der Waals surface area contributed by atoms with Crippen LogP contribution in [-0.2, 0) is 31.7 Å². The normalized spacial score (nSPS) is 13.7. The van der Waals surface area contributed by atoms with Gasteiger partial charge in [0.15, 0.2) is 29.7 Å². The molecule has 0 saturated carbocycles. The third kappa shape index (κ3) is 4.98. The number of fused-ring (bicyclic) bond motifs is 2. The van der Waals surface area contributed by atoms with E-state index in [0.29, 0.717) is 35.4 Å². The molecule has 0 amide bonds. The van der Waals surface area contributed by atoms with Crippen molar-refractivity contribution in [1.82, 2.24) is 39.0 Å². The Balaban J connectivity index is 1.16. The minimum Gasteiger partial charge on any atom is -0.382 e. The van der Waals surface area contributed by atoms with E-state index in [1.807, 2.05) is 0 Å². The van der Waals surface area contributed by atoms with E-state index >= 15 is 0 Å². The molecule has 0 aliphatic heterocycles. The van der Waals surface area contributed by atoms with Crippen LogP contribution in [0, 0.1) is 0 Å². The second-order valence-electron chi connectivity index (χ2n) is 6.57. The predicted octanol–water partition coefficient (Wildman–Crippen LogP) is -0.0192. The van der Waals surface area contributed by atoms with Crippen LogP contribution in [0.15, 0.2) is 25.3 Å². The van der Waals surface area contributed by atoms with Crippen molar-refractivity contribution < 1.29 is 23.5 Å². The van der Waals surface area contributed by atoms with E-state index in [2.05, 4.69) is 29.9 Å². The maximum absolute atomic E-state index is 12.1. The fourth-order valence-electron chi connectivity index (χ4n) is 2.85. The van der Waals surface area contributed by atoms with E-state index in [-0.39, 0.29) is 31.6 Å². The van der Waals surface area contributed by atoms with Crippen LogP contribution in [-0.4, -0.2) is 70.3 Å². The van der Waals surface area contributed by atoms with Gasteiger partial charge in [0, 0.05) is 13.1 Å². The molecule has 0 aromatic carbocycles. The molecule has 15 nitrogen and oxygen atoms in total. The summed E-state index contributed by atoms with van der Waals surface area (Å²) in [4.78, 5) is 34.1. The summed E-state index contributed by atoms with van der Waals surface area (Å²) in [5.41, 5.74) is 13.6. The number of nitrogen functional groups attached to an aromatic ring is 2. The number of aromatic nitrogens is 8. The molecule has 0 aliphatic rings. The number of ether oxygens (including phenoxy) is 2. The zero-order valence-corrected chi connectivity index (χ0v) is 17.7. The largest absolute Gasteiger partial charge is 0.382 e. The highest BCUT2D eigenvalue weighted by molar-refractivity contribution is 7.52. The highest BCUT2D eigenvalue weighted by Crippen LogP contribution is 2.41. The maximum atomic E-state index is 12.1. The molecule has 5 N–H and O–H groups in total. The second-order valence-corrected chi connectivity index (χ2v) is 8.36. The minimum atomic E-state index is -3.97. The average Bonchev–Trinajstić information content (AvgIpc) is 3.37. The number of hydrogen-bond acceptors (Lipinski definition) is 12. The monoisotopic (exact) mass is 464 g/mol. The van der Waals surface area contributed by atoms with Gasteiger partial charge in [0.05, 0.1) is 25.9 Å². The van der Waals surface area contributed by atoms with E-state index in [1.165, 1.54) is 12.7 Å². The molecule has 0 saturated heterocycles. The topological polar surface area (TPSA) is 204 Å². The SMILES string of the molecule is Nc1ncnc2c1ncn2CCOCOP(=O)(O)COCCn1cnc2c(N)ncnc21. The first-order valence-corrected chi connectivity index (χ1v) is 11.2. The third-order valence-corrected chi connectivity index (χ3v) is 5.42. The summed E-state index contributed by atoms with van der Waals surface area (Å²) < 4.78 is 31.0. The number of anilines is 2. The smallest absolute Gasteiger partial charge is 0.355 e. The Bertz CT molecular complexity index is 1260. The van der Waals surface area contributed by atoms with Crippen LogP contribution < -0.4 is 11.5 Å². The molecule has 32 heavy (non-hydrogen) atoms. The van der Waals surface area contributed by atoms with E-state index < -0.39 is 13.9 Å². The van der Waals surface area contributed by atoms with Crippen LogP contribution in [0.5, 0.6) is 0 Å².